The van der Waals surface area contributed by atoms with Gasteiger partial charge in [0.1, 0.15) is 5.75 Å². The summed E-state index contributed by atoms with van der Waals surface area (Å²) in [5.74, 6) is 1.77. The van der Waals surface area contributed by atoms with Crippen molar-refractivity contribution in [2.45, 2.75) is 59.6 Å². The van der Waals surface area contributed by atoms with Crippen molar-refractivity contribution in [1.29, 1.82) is 0 Å². The van der Waals surface area contributed by atoms with E-state index in [1.807, 2.05) is 17.9 Å². The van der Waals surface area contributed by atoms with Crippen molar-refractivity contribution >= 4 is 29.9 Å². The van der Waals surface area contributed by atoms with Crippen molar-refractivity contribution in [3.8, 4) is 5.75 Å². The topological polar surface area (TPSA) is 63.5 Å². The molecule has 2 rings (SSSR count). The minimum absolute atomic E-state index is 0. The predicted octanol–water partition coefficient (Wildman–Crippen LogP) is 4.21. The number of hydrogen-bond acceptors (Lipinski definition) is 3. The zero-order chi connectivity index (χ0) is 20.4. The molecule has 0 saturated carbocycles. The first-order valence-electron chi connectivity index (χ1n) is 10.3. The van der Waals surface area contributed by atoms with E-state index in [2.05, 4.69) is 67.8 Å². The number of aromatic nitrogens is 2. The number of hydrogen-bond donors (Lipinski definition) is 2. The normalized spacial score (nSPS) is 12.2. The van der Waals surface area contributed by atoms with E-state index < -0.39 is 0 Å². The summed E-state index contributed by atoms with van der Waals surface area (Å²) in [6.07, 6.45) is 7.21. The van der Waals surface area contributed by atoms with Crippen LogP contribution >= 0.6 is 24.0 Å². The molecule has 162 valence electrons. The summed E-state index contributed by atoms with van der Waals surface area (Å²) >= 11 is 0. The van der Waals surface area contributed by atoms with Crippen LogP contribution in [0.1, 0.15) is 50.3 Å². The van der Waals surface area contributed by atoms with Crippen LogP contribution in [0.3, 0.4) is 0 Å². The molecule has 2 N–H and O–H groups in total. The Morgan fingerprint density at radius 3 is 2.72 bits per heavy atom. The molecule has 0 aliphatic heterocycles. The molecule has 2 aromatic rings. The standard InChI is InChI=1S/C22H35N5O.HI/c1-6-18(4)28-21-13-17(3)10-11-20(21)15-25-22(23-7-2)24-12-8-9-19-14-26-27(5)16-19;/h10-11,13-14,16,18H,6-9,12,15H2,1-5H3,(H2,23,24,25);1H. The van der Waals surface area contributed by atoms with Gasteiger partial charge in [0.15, 0.2) is 5.96 Å². The average Bonchev–Trinajstić information content (AvgIpc) is 3.09. The van der Waals surface area contributed by atoms with E-state index in [-0.39, 0.29) is 30.1 Å². The number of aryl methyl sites for hydroxylation is 3. The van der Waals surface area contributed by atoms with Crippen molar-refractivity contribution in [3.63, 3.8) is 0 Å². The van der Waals surface area contributed by atoms with Gasteiger partial charge in [-0.1, -0.05) is 19.1 Å². The smallest absolute Gasteiger partial charge is 0.191 e. The molecule has 0 saturated heterocycles. The van der Waals surface area contributed by atoms with Gasteiger partial charge in [-0.15, -0.1) is 24.0 Å². The van der Waals surface area contributed by atoms with Crippen LogP contribution in [-0.2, 0) is 20.0 Å². The molecule has 1 atom stereocenters. The van der Waals surface area contributed by atoms with Crippen LogP contribution in [0.25, 0.3) is 0 Å². The van der Waals surface area contributed by atoms with E-state index in [1.54, 1.807) is 0 Å². The lowest BCUT2D eigenvalue weighted by Gasteiger charge is -2.17. The fourth-order valence-electron chi connectivity index (χ4n) is 2.81. The highest BCUT2D eigenvalue weighted by molar-refractivity contribution is 14.0. The highest BCUT2D eigenvalue weighted by Gasteiger charge is 2.08. The summed E-state index contributed by atoms with van der Waals surface area (Å²) < 4.78 is 7.94. The van der Waals surface area contributed by atoms with E-state index >= 15 is 0 Å². The lowest BCUT2D eigenvalue weighted by molar-refractivity contribution is 0.215. The van der Waals surface area contributed by atoms with Gasteiger partial charge in [-0.3, -0.25) is 4.68 Å². The molecular formula is C22H36IN5O. The van der Waals surface area contributed by atoms with Crippen LogP contribution in [0.15, 0.2) is 35.6 Å². The number of nitrogens with zero attached hydrogens (tertiary/aromatic N) is 3. The average molecular weight is 513 g/mol. The Hall–Kier alpha value is -1.77. The molecule has 0 amide bonds. The maximum atomic E-state index is 6.10. The Bertz CT molecular complexity index is 759. The number of nitrogens with one attached hydrogen (secondary N) is 2. The molecule has 29 heavy (non-hydrogen) atoms. The fourth-order valence-corrected chi connectivity index (χ4v) is 2.81. The number of aliphatic imine (C=N–C) groups is 1. The first kappa shape index (κ1) is 25.3. The Morgan fingerprint density at radius 1 is 1.28 bits per heavy atom. The second-order valence-electron chi connectivity index (χ2n) is 7.20. The zero-order valence-electron chi connectivity index (χ0n) is 18.4. The highest BCUT2D eigenvalue weighted by Crippen LogP contribution is 2.23. The number of rotatable bonds is 10. The largest absolute Gasteiger partial charge is 0.490 e. The predicted molar refractivity (Wildman–Crippen MR) is 131 cm³/mol. The molecule has 1 aromatic heterocycles. The number of ether oxygens (including phenoxy) is 1. The molecule has 0 fully saturated rings. The third-order valence-electron chi connectivity index (χ3n) is 4.57. The van der Waals surface area contributed by atoms with Gasteiger partial charge in [-0.05, 0) is 57.2 Å². The molecule has 0 bridgehead atoms. The lowest BCUT2D eigenvalue weighted by atomic mass is 10.1. The first-order chi connectivity index (χ1) is 13.5. The maximum absolute atomic E-state index is 6.10. The molecule has 0 radical (unpaired) electrons. The maximum Gasteiger partial charge on any atom is 0.191 e. The Labute approximate surface area is 192 Å². The van der Waals surface area contributed by atoms with Crippen molar-refractivity contribution < 1.29 is 4.74 Å². The Kier molecular flexibility index (Phi) is 11.7. The zero-order valence-corrected chi connectivity index (χ0v) is 20.7. The van der Waals surface area contributed by atoms with E-state index in [4.69, 9.17) is 9.73 Å². The molecule has 0 aliphatic carbocycles. The summed E-state index contributed by atoms with van der Waals surface area (Å²) in [4.78, 5) is 4.75. The molecule has 0 aliphatic rings. The molecule has 7 heteroatoms. The molecule has 1 heterocycles. The van der Waals surface area contributed by atoms with Gasteiger partial charge < -0.3 is 15.4 Å². The van der Waals surface area contributed by atoms with Crippen LogP contribution in [0.4, 0.5) is 0 Å². The van der Waals surface area contributed by atoms with Gasteiger partial charge in [0.25, 0.3) is 0 Å². The van der Waals surface area contributed by atoms with Gasteiger partial charge in [-0.25, -0.2) is 4.99 Å². The van der Waals surface area contributed by atoms with E-state index in [1.165, 1.54) is 11.1 Å². The molecular weight excluding hydrogens is 477 g/mol. The fraction of sp³-hybridized carbons (Fsp3) is 0.545. The summed E-state index contributed by atoms with van der Waals surface area (Å²) in [6.45, 7) is 10.7. The second-order valence-corrected chi connectivity index (χ2v) is 7.20. The van der Waals surface area contributed by atoms with E-state index in [9.17, 15) is 0 Å². The summed E-state index contributed by atoms with van der Waals surface area (Å²) in [5, 5.41) is 11.0. The van der Waals surface area contributed by atoms with Crippen molar-refractivity contribution in [2.75, 3.05) is 13.1 Å². The van der Waals surface area contributed by atoms with Crippen LogP contribution in [0.5, 0.6) is 5.75 Å². The monoisotopic (exact) mass is 513 g/mol. The Morgan fingerprint density at radius 2 is 2.07 bits per heavy atom. The van der Waals surface area contributed by atoms with Crippen molar-refractivity contribution in [3.05, 3.63) is 47.3 Å². The summed E-state index contributed by atoms with van der Waals surface area (Å²) in [6, 6.07) is 6.33. The van der Waals surface area contributed by atoms with Crippen LogP contribution in [0.2, 0.25) is 0 Å². The molecule has 6 nitrogen and oxygen atoms in total. The van der Waals surface area contributed by atoms with Gasteiger partial charge in [0.05, 0.1) is 18.8 Å². The minimum atomic E-state index is 0. The molecule has 1 unspecified atom stereocenters. The van der Waals surface area contributed by atoms with Crippen LogP contribution < -0.4 is 15.4 Å². The van der Waals surface area contributed by atoms with Crippen molar-refractivity contribution in [1.82, 2.24) is 20.4 Å². The first-order valence-corrected chi connectivity index (χ1v) is 10.3. The molecule has 0 spiro atoms. The third kappa shape index (κ3) is 9.06. The van der Waals surface area contributed by atoms with E-state index in [0.717, 1.165) is 49.6 Å². The molecule has 1 aromatic carbocycles. The number of guanidine groups is 1. The van der Waals surface area contributed by atoms with Crippen LogP contribution in [0, 0.1) is 6.92 Å². The number of benzene rings is 1. The van der Waals surface area contributed by atoms with Gasteiger partial charge >= 0.3 is 0 Å². The highest BCUT2D eigenvalue weighted by atomic mass is 127. The van der Waals surface area contributed by atoms with Gasteiger partial charge in [0, 0.05) is 31.9 Å². The number of halogens is 1. The summed E-state index contributed by atoms with van der Waals surface area (Å²) in [7, 11) is 1.95. The van der Waals surface area contributed by atoms with E-state index in [0.29, 0.717) is 6.54 Å². The van der Waals surface area contributed by atoms with Crippen molar-refractivity contribution in [2.24, 2.45) is 12.0 Å². The third-order valence-corrected chi connectivity index (χ3v) is 4.57. The SMILES string of the molecule is CCNC(=NCc1ccc(C)cc1OC(C)CC)NCCCc1cnn(C)c1.I. The summed E-state index contributed by atoms with van der Waals surface area (Å²) in [5.41, 5.74) is 3.57. The quantitative estimate of drug-likeness (QED) is 0.216. The lowest BCUT2D eigenvalue weighted by Crippen LogP contribution is -2.37. The minimum Gasteiger partial charge on any atom is -0.490 e. The van der Waals surface area contributed by atoms with Gasteiger partial charge in [-0.2, -0.15) is 5.10 Å². The van der Waals surface area contributed by atoms with Gasteiger partial charge in [0.2, 0.25) is 0 Å². The second kappa shape index (κ2) is 13.5. The van der Waals surface area contributed by atoms with Crippen LogP contribution in [-0.4, -0.2) is 34.9 Å². The Balaban J connectivity index is 0.00000420.